The highest BCUT2D eigenvalue weighted by Gasteiger charge is 2.41. The molecule has 0 bridgehead atoms. The summed E-state index contributed by atoms with van der Waals surface area (Å²) in [5.74, 6) is 2.62. The number of ketones is 1. The standard InChI is InChI=1S/C34H30ClNO5/c1-34(2)15-23-31-22-7-5-4-6-19(22)8-10-25(31)36-33(32(23)26(37)16-34)20-9-11-27(28(12-20)38-3)39-17-21-13-29-30(14-24(21)35)41-18-40-29/h4-14,33,36H,15-18H2,1-3H3/t33-/m0/s1. The Kier molecular flexibility index (Phi) is 6.12. The van der Waals surface area contributed by atoms with Crippen molar-refractivity contribution in [3.63, 3.8) is 0 Å². The third-order valence-corrected chi connectivity index (χ3v) is 8.54. The Hall–Kier alpha value is -4.16. The number of halogens is 1. The molecule has 2 heterocycles. The van der Waals surface area contributed by atoms with Crippen LogP contribution in [0.1, 0.15) is 49.4 Å². The summed E-state index contributed by atoms with van der Waals surface area (Å²) in [6.45, 7) is 4.77. The lowest BCUT2D eigenvalue weighted by Gasteiger charge is -2.40. The number of allylic oxidation sites excluding steroid dienone is 1. The summed E-state index contributed by atoms with van der Waals surface area (Å²) in [6, 6.07) is 21.8. The Balaban J connectivity index is 1.26. The van der Waals surface area contributed by atoms with Gasteiger partial charge in [-0.3, -0.25) is 4.79 Å². The topological polar surface area (TPSA) is 66.0 Å². The molecule has 3 aliphatic rings. The zero-order chi connectivity index (χ0) is 28.3. The van der Waals surface area contributed by atoms with Gasteiger partial charge in [-0.15, -0.1) is 0 Å². The van der Waals surface area contributed by atoms with E-state index in [1.165, 1.54) is 5.39 Å². The first-order valence-electron chi connectivity index (χ1n) is 13.7. The maximum atomic E-state index is 13.8. The predicted molar refractivity (Wildman–Crippen MR) is 160 cm³/mol. The molecule has 208 valence electrons. The van der Waals surface area contributed by atoms with E-state index in [-0.39, 0.29) is 30.6 Å². The molecule has 7 heteroatoms. The highest BCUT2D eigenvalue weighted by atomic mass is 35.5. The van der Waals surface area contributed by atoms with Gasteiger partial charge in [0, 0.05) is 34.9 Å². The van der Waals surface area contributed by atoms with Crippen molar-refractivity contribution >= 4 is 39.4 Å². The van der Waals surface area contributed by atoms with Crippen molar-refractivity contribution < 1.29 is 23.7 Å². The molecule has 1 atom stereocenters. The molecule has 7 rings (SSSR count). The van der Waals surface area contributed by atoms with E-state index in [1.807, 2.05) is 24.3 Å². The highest BCUT2D eigenvalue weighted by Crippen LogP contribution is 2.52. The van der Waals surface area contributed by atoms with Crippen molar-refractivity contribution in [3.8, 4) is 23.0 Å². The maximum Gasteiger partial charge on any atom is 0.231 e. The van der Waals surface area contributed by atoms with Gasteiger partial charge >= 0.3 is 0 Å². The van der Waals surface area contributed by atoms with Crippen LogP contribution in [0.5, 0.6) is 23.0 Å². The molecule has 2 aliphatic heterocycles. The summed E-state index contributed by atoms with van der Waals surface area (Å²) >= 11 is 6.46. The molecule has 0 spiro atoms. The molecule has 0 fully saturated rings. The van der Waals surface area contributed by atoms with Gasteiger partial charge in [-0.05, 0) is 58.0 Å². The summed E-state index contributed by atoms with van der Waals surface area (Å²) in [5.41, 5.74) is 5.77. The van der Waals surface area contributed by atoms with Crippen LogP contribution in [0, 0.1) is 5.41 Å². The van der Waals surface area contributed by atoms with Gasteiger partial charge in [-0.2, -0.15) is 0 Å². The first kappa shape index (κ1) is 25.8. The smallest absolute Gasteiger partial charge is 0.231 e. The minimum absolute atomic E-state index is 0.114. The summed E-state index contributed by atoms with van der Waals surface area (Å²) in [5, 5.41) is 6.58. The van der Waals surface area contributed by atoms with Crippen LogP contribution in [0.15, 0.2) is 72.3 Å². The first-order valence-corrected chi connectivity index (χ1v) is 14.1. The van der Waals surface area contributed by atoms with Crippen molar-refractivity contribution in [2.75, 3.05) is 19.2 Å². The van der Waals surface area contributed by atoms with Gasteiger partial charge in [0.05, 0.1) is 18.2 Å². The molecule has 4 aromatic carbocycles. The molecule has 4 aromatic rings. The second kappa shape index (κ2) is 9.74. The third kappa shape index (κ3) is 4.47. The van der Waals surface area contributed by atoms with Gasteiger partial charge in [-0.25, -0.2) is 0 Å². The van der Waals surface area contributed by atoms with Crippen molar-refractivity contribution in [3.05, 3.63) is 94.0 Å². The number of benzene rings is 4. The van der Waals surface area contributed by atoms with E-state index in [1.54, 1.807) is 13.2 Å². The predicted octanol–water partition coefficient (Wildman–Crippen LogP) is 8.12. The molecule has 1 aliphatic carbocycles. The zero-order valence-corrected chi connectivity index (χ0v) is 23.9. The number of fused-ring (bicyclic) bond motifs is 5. The molecule has 0 aromatic heterocycles. The normalized spacial score (nSPS) is 18.5. The van der Waals surface area contributed by atoms with E-state index >= 15 is 0 Å². The Labute approximate surface area is 243 Å². The number of rotatable bonds is 5. The minimum Gasteiger partial charge on any atom is -0.493 e. The number of Topliss-reactive ketones (excluding diaryl/α,β-unsaturated/α-hetero) is 1. The van der Waals surface area contributed by atoms with Crippen molar-refractivity contribution in [1.82, 2.24) is 0 Å². The van der Waals surface area contributed by atoms with Crippen LogP contribution in [-0.2, 0) is 11.4 Å². The van der Waals surface area contributed by atoms with Crippen LogP contribution in [0.25, 0.3) is 16.3 Å². The number of ether oxygens (including phenoxy) is 4. The fourth-order valence-corrected chi connectivity index (χ4v) is 6.50. The van der Waals surface area contributed by atoms with Gasteiger partial charge in [0.25, 0.3) is 0 Å². The number of carbonyl (C=O) groups is 1. The Morgan fingerprint density at radius 3 is 2.61 bits per heavy atom. The van der Waals surface area contributed by atoms with Crippen LogP contribution < -0.4 is 24.3 Å². The summed E-state index contributed by atoms with van der Waals surface area (Å²) < 4.78 is 22.8. The van der Waals surface area contributed by atoms with Crippen LogP contribution in [0.3, 0.4) is 0 Å². The number of nitrogens with one attached hydrogen (secondary N) is 1. The van der Waals surface area contributed by atoms with E-state index in [0.717, 1.165) is 45.3 Å². The Bertz CT molecular complexity index is 1760. The van der Waals surface area contributed by atoms with Crippen LogP contribution in [0.2, 0.25) is 5.02 Å². The molecule has 6 nitrogen and oxygen atoms in total. The van der Waals surface area contributed by atoms with Gasteiger partial charge < -0.3 is 24.3 Å². The minimum atomic E-state index is -0.298. The third-order valence-electron chi connectivity index (χ3n) is 8.19. The van der Waals surface area contributed by atoms with E-state index < -0.39 is 0 Å². The van der Waals surface area contributed by atoms with E-state index in [0.29, 0.717) is 34.4 Å². The molecule has 0 saturated heterocycles. The number of hydrogen-bond donors (Lipinski definition) is 1. The van der Waals surface area contributed by atoms with Gasteiger partial charge in [0.1, 0.15) is 6.61 Å². The molecular formula is C34H30ClNO5. The second-order valence-corrected chi connectivity index (χ2v) is 12.0. The fourth-order valence-electron chi connectivity index (χ4n) is 6.30. The maximum absolute atomic E-state index is 13.8. The van der Waals surface area contributed by atoms with Gasteiger partial charge in [0.15, 0.2) is 28.8 Å². The van der Waals surface area contributed by atoms with Crippen molar-refractivity contribution in [2.45, 2.75) is 39.3 Å². The second-order valence-electron chi connectivity index (χ2n) is 11.6. The molecule has 0 amide bonds. The number of carbonyl (C=O) groups excluding carboxylic acids is 1. The Morgan fingerprint density at radius 1 is 0.976 bits per heavy atom. The molecule has 0 saturated carbocycles. The number of hydrogen-bond acceptors (Lipinski definition) is 6. The molecule has 1 N–H and O–H groups in total. The number of anilines is 1. The number of methoxy groups -OCH3 is 1. The van der Waals surface area contributed by atoms with Crippen LogP contribution in [0.4, 0.5) is 5.69 Å². The SMILES string of the molecule is COc1cc([C@@H]2Nc3ccc4ccccc4c3C3=C2C(=O)CC(C)(C)C3)ccc1OCc1cc2c(cc1Cl)OCO2. The quantitative estimate of drug-likeness (QED) is 0.263. The van der Waals surface area contributed by atoms with Gasteiger partial charge in [-0.1, -0.05) is 61.8 Å². The summed E-state index contributed by atoms with van der Waals surface area (Å²) in [4.78, 5) is 13.8. The lowest BCUT2D eigenvalue weighted by atomic mass is 9.68. The van der Waals surface area contributed by atoms with E-state index in [4.69, 9.17) is 30.5 Å². The van der Waals surface area contributed by atoms with Gasteiger partial charge in [0.2, 0.25) is 6.79 Å². The molecule has 0 radical (unpaired) electrons. The monoisotopic (exact) mass is 567 g/mol. The summed E-state index contributed by atoms with van der Waals surface area (Å²) in [6.07, 6.45) is 1.35. The fraction of sp³-hybridized carbons (Fsp3) is 0.265. The summed E-state index contributed by atoms with van der Waals surface area (Å²) in [7, 11) is 1.62. The van der Waals surface area contributed by atoms with Crippen LogP contribution >= 0.6 is 11.6 Å². The molecular weight excluding hydrogens is 538 g/mol. The van der Waals surface area contributed by atoms with E-state index in [9.17, 15) is 4.79 Å². The largest absolute Gasteiger partial charge is 0.493 e. The Morgan fingerprint density at radius 2 is 1.78 bits per heavy atom. The average molecular weight is 568 g/mol. The molecule has 41 heavy (non-hydrogen) atoms. The molecule has 0 unspecified atom stereocenters. The van der Waals surface area contributed by atoms with Crippen LogP contribution in [-0.4, -0.2) is 19.7 Å². The van der Waals surface area contributed by atoms with Crippen molar-refractivity contribution in [1.29, 1.82) is 0 Å². The van der Waals surface area contributed by atoms with E-state index in [2.05, 4.69) is 55.6 Å². The highest BCUT2D eigenvalue weighted by molar-refractivity contribution is 6.31. The average Bonchev–Trinajstić information content (AvgIpc) is 3.41. The lowest BCUT2D eigenvalue weighted by Crippen LogP contribution is -2.33. The van der Waals surface area contributed by atoms with Crippen molar-refractivity contribution in [2.24, 2.45) is 5.41 Å². The lowest BCUT2D eigenvalue weighted by molar-refractivity contribution is -0.118. The zero-order valence-electron chi connectivity index (χ0n) is 23.2. The first-order chi connectivity index (χ1) is 19.8.